The van der Waals surface area contributed by atoms with Crippen LogP contribution in [-0.2, 0) is 10.7 Å². The average molecular weight is 364 g/mol. The second kappa shape index (κ2) is 6.26. The molecule has 1 aromatic carbocycles. The van der Waals surface area contributed by atoms with Crippen LogP contribution in [0.5, 0.6) is 5.75 Å². The summed E-state index contributed by atoms with van der Waals surface area (Å²) in [6.07, 6.45) is 0. The standard InChI is InChI=1S/C7H7IO3.H3O4P/c1-5-2-3-6(8(10)11)7(9)4-5;1-5(2,3)4/h2-4,9H,1H3;(H3,1,2,3,4). The highest BCUT2D eigenvalue weighted by Crippen LogP contribution is 2.27. The molecule has 0 aliphatic heterocycles. The smallest absolute Gasteiger partial charge is 0.466 e. The van der Waals surface area contributed by atoms with Crippen molar-refractivity contribution >= 4 is 27.6 Å². The maximum Gasteiger partial charge on any atom is 0.466 e. The van der Waals surface area contributed by atoms with E-state index >= 15 is 0 Å². The molecule has 0 bridgehead atoms. The Bertz CT molecular complexity index is 459. The second-order valence-electron chi connectivity index (χ2n) is 2.69. The van der Waals surface area contributed by atoms with Gasteiger partial charge in [0, 0.05) is 0 Å². The van der Waals surface area contributed by atoms with E-state index in [1.165, 1.54) is 12.1 Å². The van der Waals surface area contributed by atoms with Crippen molar-refractivity contribution in [2.24, 2.45) is 0 Å². The van der Waals surface area contributed by atoms with Crippen molar-refractivity contribution in [3.05, 3.63) is 27.3 Å². The molecular weight excluding hydrogens is 354 g/mol. The number of hydrogen-bond acceptors (Lipinski definition) is 4. The first-order valence-electron chi connectivity index (χ1n) is 3.74. The van der Waals surface area contributed by atoms with Gasteiger partial charge in [0.1, 0.15) is 9.32 Å². The summed E-state index contributed by atoms with van der Waals surface area (Å²) >= 11 is -3.50. The van der Waals surface area contributed by atoms with Crippen LogP contribution in [0, 0.1) is 10.5 Å². The Morgan fingerprint density at radius 3 is 1.94 bits per heavy atom. The van der Waals surface area contributed by atoms with Gasteiger partial charge in [-0.3, -0.25) is 0 Å². The van der Waals surface area contributed by atoms with Gasteiger partial charge in [0.15, 0.2) is 0 Å². The zero-order valence-electron chi connectivity index (χ0n) is 8.07. The summed E-state index contributed by atoms with van der Waals surface area (Å²) in [4.78, 5) is 21.6. The van der Waals surface area contributed by atoms with E-state index in [9.17, 15) is 6.14 Å². The summed E-state index contributed by atoms with van der Waals surface area (Å²) in [5.41, 5.74) is 0.851. The molecule has 0 saturated heterocycles. The van der Waals surface area contributed by atoms with Crippen LogP contribution >= 0.6 is 27.6 Å². The van der Waals surface area contributed by atoms with Gasteiger partial charge >= 0.3 is 27.6 Å². The molecule has 0 saturated carbocycles. The number of halogens is 1. The highest BCUT2D eigenvalue weighted by Gasteiger charge is 2.04. The summed E-state index contributed by atoms with van der Waals surface area (Å²) in [6.45, 7) is 1.79. The quantitative estimate of drug-likeness (QED) is 0.434. The molecule has 0 aliphatic rings. The van der Waals surface area contributed by atoms with Crippen LogP contribution < -0.4 is 0 Å². The van der Waals surface area contributed by atoms with Crippen molar-refractivity contribution in [3.63, 3.8) is 0 Å². The molecule has 7 nitrogen and oxygen atoms in total. The molecule has 16 heavy (non-hydrogen) atoms. The van der Waals surface area contributed by atoms with Crippen LogP contribution in [0.3, 0.4) is 0 Å². The fraction of sp³-hybridized carbons (Fsp3) is 0.143. The number of phenols is 1. The average Bonchev–Trinajstić information content (AvgIpc) is 1.99. The second-order valence-corrected chi connectivity index (χ2v) is 6.11. The number of aromatic hydroxyl groups is 1. The molecule has 1 aromatic rings. The normalized spacial score (nSPS) is 10.8. The highest BCUT2D eigenvalue weighted by atomic mass is 127. The minimum Gasteiger partial charge on any atom is -0.507 e. The molecule has 0 aliphatic carbocycles. The van der Waals surface area contributed by atoms with Crippen LogP contribution in [0.25, 0.3) is 0 Å². The number of phosphoric acid groups is 1. The van der Waals surface area contributed by atoms with E-state index in [0.29, 0.717) is 0 Å². The van der Waals surface area contributed by atoms with Crippen LogP contribution in [-0.4, -0.2) is 19.8 Å². The summed E-state index contributed by atoms with van der Waals surface area (Å²) in [6, 6.07) is 4.53. The minimum absolute atomic E-state index is 0.0693. The third-order valence-corrected chi connectivity index (χ3v) is 3.13. The van der Waals surface area contributed by atoms with Crippen molar-refractivity contribution < 1.29 is 30.5 Å². The molecule has 0 spiro atoms. The van der Waals surface area contributed by atoms with Gasteiger partial charge in [-0.1, -0.05) is 6.07 Å². The van der Waals surface area contributed by atoms with Crippen LogP contribution in [0.1, 0.15) is 5.56 Å². The van der Waals surface area contributed by atoms with Gasteiger partial charge in [-0.25, -0.2) is 10.7 Å². The Morgan fingerprint density at radius 2 is 1.62 bits per heavy atom. The van der Waals surface area contributed by atoms with Crippen molar-refractivity contribution in [3.8, 4) is 5.75 Å². The number of hydrogen-bond donors (Lipinski definition) is 4. The highest BCUT2D eigenvalue weighted by molar-refractivity contribution is 14.2. The van der Waals surface area contributed by atoms with Crippen LogP contribution in [0.4, 0.5) is 0 Å². The van der Waals surface area contributed by atoms with Gasteiger partial charge in [-0.2, -0.15) is 0 Å². The van der Waals surface area contributed by atoms with E-state index in [0.717, 1.165) is 5.56 Å². The third kappa shape index (κ3) is 7.71. The van der Waals surface area contributed by atoms with E-state index in [4.69, 9.17) is 24.4 Å². The predicted molar refractivity (Wildman–Crippen MR) is 61.2 cm³/mol. The molecule has 1 rings (SSSR count). The Morgan fingerprint density at radius 1 is 1.19 bits per heavy atom. The maximum atomic E-state index is 10.5. The van der Waals surface area contributed by atoms with Gasteiger partial charge in [0.2, 0.25) is 0 Å². The fourth-order valence-electron chi connectivity index (χ4n) is 0.753. The molecule has 0 aromatic heterocycles. The predicted octanol–water partition coefficient (Wildman–Crippen LogP) is 1.14. The number of aryl methyl sites for hydroxylation is 1. The first-order chi connectivity index (χ1) is 7.11. The van der Waals surface area contributed by atoms with Gasteiger partial charge in [0.05, 0.1) is 0 Å². The summed E-state index contributed by atoms with van der Waals surface area (Å²) in [5.74, 6) is -0.139. The molecule has 92 valence electrons. The van der Waals surface area contributed by atoms with E-state index in [1.54, 1.807) is 13.0 Å². The molecule has 0 amide bonds. The van der Waals surface area contributed by atoms with Crippen LogP contribution in [0.2, 0.25) is 0 Å². The molecule has 0 atom stereocenters. The topological polar surface area (TPSA) is 132 Å². The molecule has 0 fully saturated rings. The maximum absolute atomic E-state index is 10.5. The fourth-order valence-corrected chi connectivity index (χ4v) is 1.83. The lowest BCUT2D eigenvalue weighted by Crippen LogP contribution is -1.76. The number of benzene rings is 1. The summed E-state index contributed by atoms with van der Waals surface area (Å²) in [7, 11) is -4.64. The van der Waals surface area contributed by atoms with Gasteiger partial charge < -0.3 is 19.8 Å². The zero-order chi connectivity index (χ0) is 12.9. The lowest BCUT2D eigenvalue weighted by Gasteiger charge is -1.95. The molecule has 0 radical (unpaired) electrons. The largest absolute Gasteiger partial charge is 0.507 e. The van der Waals surface area contributed by atoms with Crippen molar-refractivity contribution in [1.29, 1.82) is 0 Å². The van der Waals surface area contributed by atoms with Gasteiger partial charge in [0.25, 0.3) is 0 Å². The SMILES string of the molecule is Cc1ccc(I(=O)=O)c(O)c1.O=P(O)(O)O. The first kappa shape index (κ1) is 15.5. The summed E-state index contributed by atoms with van der Waals surface area (Å²) < 4.78 is 30.0. The van der Waals surface area contributed by atoms with E-state index < -0.39 is 27.6 Å². The Balaban J connectivity index is 0.000000385. The molecule has 9 heteroatoms. The van der Waals surface area contributed by atoms with E-state index in [2.05, 4.69) is 0 Å². The third-order valence-electron chi connectivity index (χ3n) is 1.27. The van der Waals surface area contributed by atoms with E-state index in [1.807, 2.05) is 0 Å². The summed E-state index contributed by atoms with van der Waals surface area (Å²) in [5, 5.41) is 9.10. The number of phenolic OH excluding ortho intramolecular Hbond substituents is 1. The molecular formula is C7H10IO7P. The van der Waals surface area contributed by atoms with Crippen molar-refractivity contribution in [2.75, 3.05) is 0 Å². The van der Waals surface area contributed by atoms with Gasteiger partial charge in [-0.05, 0) is 24.6 Å². The number of rotatable bonds is 1. The van der Waals surface area contributed by atoms with Gasteiger partial charge in [-0.15, -0.1) is 0 Å². The molecule has 0 unspecified atom stereocenters. The van der Waals surface area contributed by atoms with Crippen molar-refractivity contribution in [2.45, 2.75) is 6.92 Å². The lowest BCUT2D eigenvalue weighted by atomic mass is 10.2. The Hall–Kier alpha value is -0.540. The Kier molecular flexibility index (Phi) is 6.05. The first-order valence-corrected chi connectivity index (χ1v) is 8.15. The Labute approximate surface area is 98.1 Å². The molecule has 0 heterocycles. The van der Waals surface area contributed by atoms with Crippen molar-refractivity contribution in [1.82, 2.24) is 0 Å². The minimum atomic E-state index is -4.64. The lowest BCUT2D eigenvalue weighted by molar-refractivity contribution is 0.275. The van der Waals surface area contributed by atoms with E-state index in [-0.39, 0.29) is 9.32 Å². The zero-order valence-corrected chi connectivity index (χ0v) is 11.1. The van der Waals surface area contributed by atoms with Crippen LogP contribution in [0.15, 0.2) is 18.2 Å². The molecule has 4 N–H and O–H groups in total. The monoisotopic (exact) mass is 364 g/mol.